The van der Waals surface area contributed by atoms with Gasteiger partial charge in [-0.2, -0.15) is 10.4 Å². The molecule has 0 radical (unpaired) electrons. The molecule has 1 atom stereocenters. The molecule has 8 heteroatoms. The summed E-state index contributed by atoms with van der Waals surface area (Å²) in [5, 5.41) is 18.8. The lowest BCUT2D eigenvalue weighted by molar-refractivity contribution is 0.227. The summed E-state index contributed by atoms with van der Waals surface area (Å²) in [6.07, 6.45) is 2.70. The molecule has 0 spiro atoms. The predicted molar refractivity (Wildman–Crippen MR) is 121 cm³/mol. The molecule has 4 aromatic rings. The number of nitrogens with zero attached hydrogens (tertiary/aromatic N) is 3. The molecule has 0 saturated carbocycles. The highest BCUT2D eigenvalue weighted by Crippen LogP contribution is 2.36. The summed E-state index contributed by atoms with van der Waals surface area (Å²) in [6.45, 7) is 3.77. The van der Waals surface area contributed by atoms with Gasteiger partial charge in [0.2, 0.25) is 0 Å². The zero-order valence-electron chi connectivity index (χ0n) is 17.0. The van der Waals surface area contributed by atoms with Crippen LogP contribution in [0.3, 0.4) is 0 Å². The van der Waals surface area contributed by atoms with Gasteiger partial charge in [-0.25, -0.2) is 0 Å². The summed E-state index contributed by atoms with van der Waals surface area (Å²) in [5.74, 6) is 1.20. The number of nitrogens with one attached hydrogen (secondary N) is 1. The van der Waals surface area contributed by atoms with Crippen LogP contribution in [0.15, 0.2) is 42.7 Å². The molecule has 2 heterocycles. The minimum Gasteiger partial charge on any atom is -0.495 e. The number of aromatic amines is 1. The molecule has 156 valence electrons. The van der Waals surface area contributed by atoms with E-state index in [4.69, 9.17) is 32.7 Å². The van der Waals surface area contributed by atoms with Gasteiger partial charge in [-0.3, -0.25) is 10.1 Å². The molecule has 4 rings (SSSR count). The van der Waals surface area contributed by atoms with Gasteiger partial charge in [0.05, 0.1) is 28.2 Å². The summed E-state index contributed by atoms with van der Waals surface area (Å²) >= 11 is 12.5. The van der Waals surface area contributed by atoms with Crippen LogP contribution in [0.1, 0.15) is 29.7 Å². The van der Waals surface area contributed by atoms with Crippen molar-refractivity contribution in [3.8, 4) is 28.8 Å². The van der Waals surface area contributed by atoms with Crippen molar-refractivity contribution in [2.24, 2.45) is 0 Å². The highest BCUT2D eigenvalue weighted by molar-refractivity contribution is 6.35. The van der Waals surface area contributed by atoms with Crippen molar-refractivity contribution < 1.29 is 9.47 Å². The summed E-state index contributed by atoms with van der Waals surface area (Å²) in [7, 11) is 1.55. The zero-order chi connectivity index (χ0) is 22.1. The van der Waals surface area contributed by atoms with Gasteiger partial charge in [-0.1, -0.05) is 23.2 Å². The van der Waals surface area contributed by atoms with E-state index in [1.165, 1.54) is 0 Å². The number of methoxy groups -OCH3 is 1. The fourth-order valence-electron chi connectivity index (χ4n) is 3.62. The SMILES string of the molecule is COc1c(C)cc(-c2n[nH]c3ccc(O[C@H](C)c4c(Cl)cncc4Cl)cc23)cc1C#N. The first-order chi connectivity index (χ1) is 14.9. The molecule has 0 amide bonds. The molecule has 0 fully saturated rings. The van der Waals surface area contributed by atoms with Crippen LogP contribution >= 0.6 is 23.2 Å². The average molecular weight is 453 g/mol. The topological polar surface area (TPSA) is 83.8 Å². The van der Waals surface area contributed by atoms with Gasteiger partial charge in [-0.15, -0.1) is 0 Å². The van der Waals surface area contributed by atoms with Crippen LogP contribution in [0.25, 0.3) is 22.2 Å². The number of ether oxygens (including phenoxy) is 2. The predicted octanol–water partition coefficient (Wildman–Crippen LogP) is 6.26. The molecule has 0 aliphatic carbocycles. The minimum atomic E-state index is -0.385. The molecular formula is C23H18Cl2N4O2. The van der Waals surface area contributed by atoms with Crippen molar-refractivity contribution in [2.45, 2.75) is 20.0 Å². The number of nitriles is 1. The molecule has 2 aromatic carbocycles. The second kappa shape index (κ2) is 8.46. The summed E-state index contributed by atoms with van der Waals surface area (Å²) in [5.41, 5.74) is 4.37. The highest BCUT2D eigenvalue weighted by Gasteiger charge is 2.18. The molecule has 0 bridgehead atoms. The van der Waals surface area contributed by atoms with Crippen molar-refractivity contribution in [1.29, 1.82) is 5.26 Å². The number of halogens is 2. The van der Waals surface area contributed by atoms with Crippen molar-refractivity contribution in [3.63, 3.8) is 0 Å². The maximum Gasteiger partial charge on any atom is 0.139 e. The van der Waals surface area contributed by atoms with E-state index in [2.05, 4.69) is 21.3 Å². The number of aromatic nitrogens is 3. The Balaban J connectivity index is 1.74. The van der Waals surface area contributed by atoms with E-state index in [0.717, 1.165) is 27.7 Å². The maximum absolute atomic E-state index is 9.50. The molecule has 1 N–H and O–H groups in total. The monoisotopic (exact) mass is 452 g/mol. The van der Waals surface area contributed by atoms with Crippen molar-refractivity contribution in [2.75, 3.05) is 7.11 Å². The number of hydrogen-bond donors (Lipinski definition) is 1. The van der Waals surface area contributed by atoms with Crippen molar-refractivity contribution >= 4 is 34.1 Å². The fraction of sp³-hybridized carbons (Fsp3) is 0.174. The molecule has 0 saturated heterocycles. The first-order valence-corrected chi connectivity index (χ1v) is 10.2. The van der Waals surface area contributed by atoms with Gasteiger partial charge in [-0.05, 0) is 49.7 Å². The van der Waals surface area contributed by atoms with Crippen molar-refractivity contribution in [1.82, 2.24) is 15.2 Å². The van der Waals surface area contributed by atoms with Crippen LogP contribution in [-0.4, -0.2) is 22.3 Å². The van der Waals surface area contributed by atoms with E-state index in [1.54, 1.807) is 25.6 Å². The quantitative estimate of drug-likeness (QED) is 0.386. The van der Waals surface area contributed by atoms with Gasteiger partial charge >= 0.3 is 0 Å². The zero-order valence-corrected chi connectivity index (χ0v) is 18.5. The number of pyridine rings is 1. The normalized spacial score (nSPS) is 11.9. The second-order valence-electron chi connectivity index (χ2n) is 7.04. The van der Waals surface area contributed by atoms with Gasteiger partial charge in [0.15, 0.2) is 0 Å². The standard InChI is InChI=1S/C23H18Cl2N4O2/c1-12-6-14(7-15(9-26)23(12)30-3)22-17-8-16(4-5-20(17)28-29-22)31-13(2)21-18(24)10-27-11-19(21)25/h4-8,10-11,13H,1-3H3,(H,28,29)/t13-/m1/s1. The third-order valence-corrected chi connectivity index (χ3v) is 5.62. The largest absolute Gasteiger partial charge is 0.495 e. The van der Waals surface area contributed by atoms with Crippen LogP contribution in [0, 0.1) is 18.3 Å². The van der Waals surface area contributed by atoms with Gasteiger partial charge in [0.1, 0.15) is 29.4 Å². The van der Waals surface area contributed by atoms with Gasteiger partial charge in [0.25, 0.3) is 0 Å². The number of hydrogen-bond acceptors (Lipinski definition) is 5. The Morgan fingerprint density at radius 2 is 1.87 bits per heavy atom. The van der Waals surface area contributed by atoms with Crippen molar-refractivity contribution in [3.05, 3.63) is 69.5 Å². The second-order valence-corrected chi connectivity index (χ2v) is 7.86. The number of benzene rings is 2. The fourth-order valence-corrected chi connectivity index (χ4v) is 4.30. The molecule has 0 unspecified atom stereocenters. The number of H-pyrrole nitrogens is 1. The minimum absolute atomic E-state index is 0.385. The molecule has 31 heavy (non-hydrogen) atoms. The summed E-state index contributed by atoms with van der Waals surface area (Å²) in [4.78, 5) is 3.98. The Morgan fingerprint density at radius 1 is 1.13 bits per heavy atom. The Morgan fingerprint density at radius 3 is 2.55 bits per heavy atom. The maximum atomic E-state index is 9.50. The lowest BCUT2D eigenvalue weighted by Gasteiger charge is -2.17. The van der Waals surface area contributed by atoms with E-state index in [0.29, 0.717) is 32.7 Å². The molecule has 6 nitrogen and oxygen atoms in total. The third-order valence-electron chi connectivity index (χ3n) is 5.02. The Hall–Kier alpha value is -3.27. The number of fused-ring (bicyclic) bond motifs is 1. The number of aryl methyl sites for hydroxylation is 1. The lowest BCUT2D eigenvalue weighted by atomic mass is 10.0. The summed E-state index contributed by atoms with van der Waals surface area (Å²) in [6, 6.07) is 11.6. The summed E-state index contributed by atoms with van der Waals surface area (Å²) < 4.78 is 11.5. The average Bonchev–Trinajstić information content (AvgIpc) is 3.16. The molecule has 2 aromatic heterocycles. The van der Waals surface area contributed by atoms with Gasteiger partial charge in [0, 0.05) is 28.9 Å². The Bertz CT molecular complexity index is 1310. The van der Waals surface area contributed by atoms with E-state index in [9.17, 15) is 5.26 Å². The van der Waals surface area contributed by atoms with Crippen LogP contribution in [0.4, 0.5) is 0 Å². The smallest absolute Gasteiger partial charge is 0.139 e. The Labute approximate surface area is 189 Å². The first-order valence-electron chi connectivity index (χ1n) is 9.45. The van der Waals surface area contributed by atoms with Crippen LogP contribution in [0.5, 0.6) is 11.5 Å². The van der Waals surface area contributed by atoms with Crippen LogP contribution in [-0.2, 0) is 0 Å². The third kappa shape index (κ3) is 3.90. The lowest BCUT2D eigenvalue weighted by Crippen LogP contribution is -2.05. The molecule has 0 aliphatic heterocycles. The van der Waals surface area contributed by atoms with Gasteiger partial charge < -0.3 is 9.47 Å². The molecule has 0 aliphatic rings. The van der Waals surface area contributed by atoms with E-state index >= 15 is 0 Å². The van der Waals surface area contributed by atoms with E-state index in [-0.39, 0.29) is 6.10 Å². The van der Waals surface area contributed by atoms with E-state index < -0.39 is 0 Å². The molecular weight excluding hydrogens is 435 g/mol. The Kier molecular flexibility index (Phi) is 5.73. The van der Waals surface area contributed by atoms with Crippen LogP contribution < -0.4 is 9.47 Å². The number of rotatable bonds is 5. The van der Waals surface area contributed by atoms with E-state index in [1.807, 2.05) is 38.1 Å². The first kappa shape index (κ1) is 21.0. The van der Waals surface area contributed by atoms with Crippen LogP contribution in [0.2, 0.25) is 10.0 Å². The highest BCUT2D eigenvalue weighted by atomic mass is 35.5.